The molecule has 0 bridgehead atoms. The van der Waals surface area contributed by atoms with E-state index in [-0.39, 0.29) is 6.42 Å². The average molecular weight is 141 g/mol. The quantitative estimate of drug-likeness (QED) is 0.407. The lowest BCUT2D eigenvalue weighted by atomic mass is 10.1. The van der Waals surface area contributed by atoms with Gasteiger partial charge in [-0.3, -0.25) is 0 Å². The Morgan fingerprint density at radius 3 is 2.60 bits per heavy atom. The van der Waals surface area contributed by atoms with Crippen molar-refractivity contribution in [1.29, 1.82) is 0 Å². The molecule has 0 saturated carbocycles. The fourth-order valence-electron chi connectivity index (χ4n) is 0.735. The fraction of sp³-hybridized carbons (Fsp3) is 0.625. The van der Waals surface area contributed by atoms with E-state index in [4.69, 9.17) is 0 Å². The fourth-order valence-corrected chi connectivity index (χ4v) is 0.735. The van der Waals surface area contributed by atoms with E-state index >= 15 is 0 Å². The summed E-state index contributed by atoms with van der Waals surface area (Å²) in [5.41, 5.74) is 0. The average Bonchev–Trinajstić information content (AvgIpc) is 1.87. The van der Waals surface area contributed by atoms with E-state index in [1.165, 1.54) is 0 Å². The molecule has 0 unspecified atom stereocenters. The van der Waals surface area contributed by atoms with E-state index in [0.29, 0.717) is 0 Å². The first-order chi connectivity index (χ1) is 4.77. The van der Waals surface area contributed by atoms with Crippen molar-refractivity contribution in [1.82, 2.24) is 0 Å². The SMILES string of the molecule is C=CCCCCCC(=O)[O-]. The van der Waals surface area contributed by atoms with Crippen LogP contribution in [0.5, 0.6) is 0 Å². The number of hydrogen-bond acceptors (Lipinski definition) is 2. The predicted octanol–water partition coefficient (Wildman–Crippen LogP) is 0.873. The van der Waals surface area contributed by atoms with Gasteiger partial charge in [0.05, 0.1) is 0 Å². The summed E-state index contributed by atoms with van der Waals surface area (Å²) < 4.78 is 0. The summed E-state index contributed by atoms with van der Waals surface area (Å²) in [5.74, 6) is -0.946. The highest BCUT2D eigenvalue weighted by Crippen LogP contribution is 2.01. The van der Waals surface area contributed by atoms with E-state index in [1.54, 1.807) is 0 Å². The molecule has 0 N–H and O–H groups in total. The van der Waals surface area contributed by atoms with Crippen LogP contribution in [0.4, 0.5) is 0 Å². The molecule has 0 fully saturated rings. The highest BCUT2D eigenvalue weighted by Gasteiger charge is 1.87. The van der Waals surface area contributed by atoms with Gasteiger partial charge in [0, 0.05) is 5.97 Å². The Morgan fingerprint density at radius 1 is 1.40 bits per heavy atom. The van der Waals surface area contributed by atoms with Crippen LogP contribution in [-0.2, 0) is 4.79 Å². The van der Waals surface area contributed by atoms with Crippen LogP contribution in [-0.4, -0.2) is 5.97 Å². The first-order valence-corrected chi connectivity index (χ1v) is 3.58. The van der Waals surface area contributed by atoms with Crippen molar-refractivity contribution in [2.45, 2.75) is 32.1 Å². The van der Waals surface area contributed by atoms with Crippen LogP contribution in [0.25, 0.3) is 0 Å². The van der Waals surface area contributed by atoms with E-state index < -0.39 is 5.97 Å². The largest absolute Gasteiger partial charge is 0.550 e. The molecule has 0 aliphatic rings. The van der Waals surface area contributed by atoms with E-state index in [0.717, 1.165) is 25.7 Å². The van der Waals surface area contributed by atoms with Gasteiger partial charge in [-0.2, -0.15) is 0 Å². The topological polar surface area (TPSA) is 40.1 Å². The summed E-state index contributed by atoms with van der Waals surface area (Å²) in [5, 5.41) is 9.90. The molecule has 0 radical (unpaired) electrons. The molecule has 0 amide bonds. The van der Waals surface area contributed by atoms with Gasteiger partial charge in [-0.1, -0.05) is 12.5 Å². The normalized spacial score (nSPS) is 9.20. The lowest BCUT2D eigenvalue weighted by molar-refractivity contribution is -0.305. The monoisotopic (exact) mass is 141 g/mol. The van der Waals surface area contributed by atoms with E-state index in [1.807, 2.05) is 6.08 Å². The zero-order chi connectivity index (χ0) is 7.82. The number of carboxylic acids is 1. The first kappa shape index (κ1) is 9.21. The van der Waals surface area contributed by atoms with Gasteiger partial charge in [0.2, 0.25) is 0 Å². The molecular formula is C8H13O2-. The highest BCUT2D eigenvalue weighted by molar-refractivity contribution is 5.63. The predicted molar refractivity (Wildman–Crippen MR) is 38.3 cm³/mol. The number of carboxylic acid groups (broad SMARTS) is 1. The van der Waals surface area contributed by atoms with Crippen LogP contribution >= 0.6 is 0 Å². The van der Waals surface area contributed by atoms with Crippen LogP contribution in [0.2, 0.25) is 0 Å². The number of aliphatic carboxylic acids is 1. The van der Waals surface area contributed by atoms with Crippen molar-refractivity contribution in [3.05, 3.63) is 12.7 Å². The van der Waals surface area contributed by atoms with Crippen LogP contribution < -0.4 is 5.11 Å². The van der Waals surface area contributed by atoms with Crippen LogP contribution in [0.1, 0.15) is 32.1 Å². The zero-order valence-corrected chi connectivity index (χ0v) is 6.14. The number of hydrogen-bond donors (Lipinski definition) is 0. The minimum Gasteiger partial charge on any atom is -0.550 e. The van der Waals surface area contributed by atoms with Crippen molar-refractivity contribution < 1.29 is 9.90 Å². The van der Waals surface area contributed by atoms with E-state index in [9.17, 15) is 9.90 Å². The van der Waals surface area contributed by atoms with Gasteiger partial charge in [-0.15, -0.1) is 6.58 Å². The minimum absolute atomic E-state index is 0.192. The van der Waals surface area contributed by atoms with Crippen LogP contribution in [0, 0.1) is 0 Å². The van der Waals surface area contributed by atoms with Gasteiger partial charge in [0.1, 0.15) is 0 Å². The van der Waals surface area contributed by atoms with E-state index in [2.05, 4.69) is 6.58 Å². The van der Waals surface area contributed by atoms with Gasteiger partial charge in [0.15, 0.2) is 0 Å². The second kappa shape index (κ2) is 6.33. The maximum atomic E-state index is 9.90. The van der Waals surface area contributed by atoms with Gasteiger partial charge in [-0.05, 0) is 25.7 Å². The van der Waals surface area contributed by atoms with Gasteiger partial charge < -0.3 is 9.90 Å². The maximum absolute atomic E-state index is 9.90. The van der Waals surface area contributed by atoms with Crippen LogP contribution in [0.15, 0.2) is 12.7 Å². The summed E-state index contributed by atoms with van der Waals surface area (Å²) in [6.07, 6.45) is 5.75. The molecule has 58 valence electrons. The van der Waals surface area contributed by atoms with Crippen molar-refractivity contribution in [2.24, 2.45) is 0 Å². The third-order valence-corrected chi connectivity index (χ3v) is 1.29. The molecule has 0 heterocycles. The molecular weight excluding hydrogens is 128 g/mol. The molecule has 0 aromatic rings. The second-order valence-electron chi connectivity index (χ2n) is 2.26. The lowest BCUT2D eigenvalue weighted by Crippen LogP contribution is -2.21. The molecule has 0 aromatic carbocycles. The first-order valence-electron chi connectivity index (χ1n) is 3.58. The van der Waals surface area contributed by atoms with Crippen molar-refractivity contribution in [3.63, 3.8) is 0 Å². The molecule has 10 heavy (non-hydrogen) atoms. The Morgan fingerprint density at radius 2 is 2.10 bits per heavy atom. The summed E-state index contributed by atoms with van der Waals surface area (Å²) in [6.45, 7) is 3.56. The molecule has 0 aliphatic carbocycles. The van der Waals surface area contributed by atoms with Crippen molar-refractivity contribution >= 4 is 5.97 Å². The number of allylic oxidation sites excluding steroid dienone is 1. The number of carbonyl (C=O) groups is 1. The standard InChI is InChI=1S/C8H14O2/c1-2-3-4-5-6-7-8(9)10/h2H,1,3-7H2,(H,9,10)/p-1. The second-order valence-corrected chi connectivity index (χ2v) is 2.26. The Balaban J connectivity index is 2.90. The smallest absolute Gasteiger partial charge is 0.0414 e. The third-order valence-electron chi connectivity index (χ3n) is 1.29. The Hall–Kier alpha value is -0.790. The minimum atomic E-state index is -0.946. The lowest BCUT2D eigenvalue weighted by Gasteiger charge is -1.99. The maximum Gasteiger partial charge on any atom is 0.0414 e. The van der Waals surface area contributed by atoms with Crippen molar-refractivity contribution in [2.75, 3.05) is 0 Å². The molecule has 0 atom stereocenters. The third kappa shape index (κ3) is 7.21. The zero-order valence-electron chi connectivity index (χ0n) is 6.14. The Labute approximate surface area is 61.6 Å². The van der Waals surface area contributed by atoms with Gasteiger partial charge in [0.25, 0.3) is 0 Å². The molecule has 2 heteroatoms. The van der Waals surface area contributed by atoms with Gasteiger partial charge >= 0.3 is 0 Å². The summed E-state index contributed by atoms with van der Waals surface area (Å²) >= 11 is 0. The molecule has 0 aromatic heterocycles. The molecule has 2 nitrogen and oxygen atoms in total. The van der Waals surface area contributed by atoms with Crippen molar-refractivity contribution in [3.8, 4) is 0 Å². The highest BCUT2D eigenvalue weighted by atomic mass is 16.4. The number of unbranched alkanes of at least 4 members (excludes halogenated alkanes) is 3. The molecule has 0 spiro atoms. The Kier molecular flexibility index (Phi) is 5.83. The van der Waals surface area contributed by atoms with Gasteiger partial charge in [-0.25, -0.2) is 0 Å². The van der Waals surface area contributed by atoms with Crippen LogP contribution in [0.3, 0.4) is 0 Å². The number of carbonyl (C=O) groups excluding carboxylic acids is 1. The molecule has 0 rings (SSSR count). The molecule has 0 saturated heterocycles. The Bertz CT molecular complexity index is 108. The molecule has 0 aliphatic heterocycles. The summed E-state index contributed by atoms with van der Waals surface area (Å²) in [6, 6.07) is 0. The summed E-state index contributed by atoms with van der Waals surface area (Å²) in [4.78, 5) is 9.90. The number of rotatable bonds is 6. The summed E-state index contributed by atoms with van der Waals surface area (Å²) in [7, 11) is 0.